The number of hydrogen-bond acceptors (Lipinski definition) is 3. The van der Waals surface area contributed by atoms with Crippen molar-refractivity contribution >= 4 is 5.82 Å². The lowest BCUT2D eigenvalue weighted by Gasteiger charge is -2.28. The zero-order valence-electron chi connectivity index (χ0n) is 13.4. The summed E-state index contributed by atoms with van der Waals surface area (Å²) in [6.07, 6.45) is 7.79. The molecule has 1 heterocycles. The molecule has 1 aromatic rings. The van der Waals surface area contributed by atoms with Gasteiger partial charge in [0, 0.05) is 17.2 Å². The molecule has 2 rings (SSSR count). The minimum absolute atomic E-state index is 0.393. The van der Waals surface area contributed by atoms with Crippen LogP contribution < -0.4 is 5.73 Å². The van der Waals surface area contributed by atoms with Gasteiger partial charge in [0.15, 0.2) is 0 Å². The molecule has 0 aliphatic heterocycles. The van der Waals surface area contributed by atoms with Crippen molar-refractivity contribution in [2.45, 2.75) is 78.1 Å². The first-order chi connectivity index (χ1) is 9.52. The Balaban J connectivity index is 2.11. The molecule has 20 heavy (non-hydrogen) atoms. The first-order valence-corrected chi connectivity index (χ1v) is 8.16. The molecule has 0 aromatic carbocycles. The van der Waals surface area contributed by atoms with E-state index >= 15 is 0 Å². The topological polar surface area (TPSA) is 51.8 Å². The molecule has 3 heteroatoms. The Hall–Kier alpha value is -1.12. The lowest BCUT2D eigenvalue weighted by Crippen LogP contribution is -2.17. The van der Waals surface area contributed by atoms with E-state index in [9.17, 15) is 0 Å². The molecule has 0 unspecified atom stereocenters. The third-order valence-corrected chi connectivity index (χ3v) is 4.67. The SMILES string of the molecule is CCCC1CCC(c2nc(C)c(C(C)C)c(N)n2)CC1. The van der Waals surface area contributed by atoms with E-state index in [1.165, 1.54) is 38.5 Å². The standard InChI is InChI=1S/C17H29N3/c1-5-6-13-7-9-14(10-8-13)17-19-12(4)15(11(2)3)16(18)20-17/h11,13-14H,5-10H2,1-4H3,(H2,18,19,20). The normalized spacial score (nSPS) is 23.2. The Bertz CT molecular complexity index is 423. The van der Waals surface area contributed by atoms with Crippen molar-refractivity contribution in [3.8, 4) is 0 Å². The molecule has 112 valence electrons. The highest BCUT2D eigenvalue weighted by Gasteiger charge is 2.25. The van der Waals surface area contributed by atoms with Crippen LogP contribution in [0.5, 0.6) is 0 Å². The Labute approximate surface area is 123 Å². The van der Waals surface area contributed by atoms with Crippen molar-refractivity contribution < 1.29 is 0 Å². The fourth-order valence-corrected chi connectivity index (χ4v) is 3.64. The molecular weight excluding hydrogens is 246 g/mol. The number of nitrogens with zero attached hydrogens (tertiary/aromatic N) is 2. The van der Waals surface area contributed by atoms with E-state index in [2.05, 4.69) is 32.7 Å². The van der Waals surface area contributed by atoms with Gasteiger partial charge in [-0.2, -0.15) is 0 Å². The maximum Gasteiger partial charge on any atom is 0.134 e. The van der Waals surface area contributed by atoms with Crippen LogP contribution in [-0.2, 0) is 0 Å². The van der Waals surface area contributed by atoms with Crippen LogP contribution in [0.4, 0.5) is 5.82 Å². The second kappa shape index (κ2) is 6.55. The van der Waals surface area contributed by atoms with Gasteiger partial charge in [-0.1, -0.05) is 33.6 Å². The van der Waals surface area contributed by atoms with E-state index in [-0.39, 0.29) is 0 Å². The van der Waals surface area contributed by atoms with E-state index < -0.39 is 0 Å². The third kappa shape index (κ3) is 3.31. The summed E-state index contributed by atoms with van der Waals surface area (Å²) < 4.78 is 0. The largest absolute Gasteiger partial charge is 0.383 e. The highest BCUT2D eigenvalue weighted by atomic mass is 15.0. The van der Waals surface area contributed by atoms with Gasteiger partial charge in [-0.3, -0.25) is 0 Å². The Morgan fingerprint density at radius 2 is 1.80 bits per heavy atom. The maximum atomic E-state index is 6.15. The van der Waals surface area contributed by atoms with Gasteiger partial charge in [0.25, 0.3) is 0 Å². The van der Waals surface area contributed by atoms with Crippen LogP contribution in [0, 0.1) is 12.8 Å². The number of aryl methyl sites for hydroxylation is 1. The predicted molar refractivity (Wildman–Crippen MR) is 84.9 cm³/mol. The van der Waals surface area contributed by atoms with Gasteiger partial charge in [-0.25, -0.2) is 9.97 Å². The minimum atomic E-state index is 0.393. The summed E-state index contributed by atoms with van der Waals surface area (Å²) >= 11 is 0. The molecule has 3 nitrogen and oxygen atoms in total. The van der Waals surface area contributed by atoms with Gasteiger partial charge in [-0.15, -0.1) is 0 Å². The molecule has 0 saturated heterocycles. The molecule has 0 spiro atoms. The van der Waals surface area contributed by atoms with Crippen LogP contribution >= 0.6 is 0 Å². The van der Waals surface area contributed by atoms with Crippen molar-refractivity contribution in [2.24, 2.45) is 5.92 Å². The lowest BCUT2D eigenvalue weighted by atomic mass is 9.79. The summed E-state index contributed by atoms with van der Waals surface area (Å²) in [6.45, 7) is 8.65. The van der Waals surface area contributed by atoms with Crippen LogP contribution in [0.1, 0.15) is 88.2 Å². The molecule has 0 atom stereocenters. The van der Waals surface area contributed by atoms with E-state index in [0.29, 0.717) is 17.7 Å². The molecular formula is C17H29N3. The summed E-state index contributed by atoms with van der Waals surface area (Å²) in [5.41, 5.74) is 8.34. The molecule has 2 N–H and O–H groups in total. The van der Waals surface area contributed by atoms with Crippen molar-refractivity contribution in [1.82, 2.24) is 9.97 Å². The summed E-state index contributed by atoms with van der Waals surface area (Å²) in [4.78, 5) is 9.38. The van der Waals surface area contributed by atoms with Gasteiger partial charge >= 0.3 is 0 Å². The van der Waals surface area contributed by atoms with Crippen LogP contribution in [0.3, 0.4) is 0 Å². The average molecular weight is 275 g/mol. The van der Waals surface area contributed by atoms with Gasteiger partial charge < -0.3 is 5.73 Å². The maximum absolute atomic E-state index is 6.15. The fraction of sp³-hybridized carbons (Fsp3) is 0.765. The average Bonchev–Trinajstić information content (AvgIpc) is 2.38. The minimum Gasteiger partial charge on any atom is -0.383 e. The third-order valence-electron chi connectivity index (χ3n) is 4.67. The van der Waals surface area contributed by atoms with Crippen LogP contribution in [0.2, 0.25) is 0 Å². The zero-order chi connectivity index (χ0) is 14.7. The van der Waals surface area contributed by atoms with Crippen molar-refractivity contribution in [3.63, 3.8) is 0 Å². The quantitative estimate of drug-likeness (QED) is 0.876. The molecule has 1 aliphatic carbocycles. The monoisotopic (exact) mass is 275 g/mol. The summed E-state index contributed by atoms with van der Waals surface area (Å²) in [5.74, 6) is 3.51. The summed E-state index contributed by atoms with van der Waals surface area (Å²) in [7, 11) is 0. The lowest BCUT2D eigenvalue weighted by molar-refractivity contribution is 0.302. The summed E-state index contributed by atoms with van der Waals surface area (Å²) in [6, 6.07) is 0. The van der Waals surface area contributed by atoms with Crippen LogP contribution in [0.25, 0.3) is 0 Å². The number of hydrogen-bond donors (Lipinski definition) is 1. The Morgan fingerprint density at radius 1 is 1.15 bits per heavy atom. The number of nitrogen functional groups attached to an aromatic ring is 1. The van der Waals surface area contributed by atoms with Gasteiger partial charge in [0.1, 0.15) is 11.6 Å². The van der Waals surface area contributed by atoms with E-state index in [1.54, 1.807) is 0 Å². The van der Waals surface area contributed by atoms with Crippen molar-refractivity contribution in [3.05, 3.63) is 17.1 Å². The first-order valence-electron chi connectivity index (χ1n) is 8.16. The fourth-order valence-electron chi connectivity index (χ4n) is 3.64. The molecule has 1 aromatic heterocycles. The number of rotatable bonds is 4. The second-order valence-corrected chi connectivity index (χ2v) is 6.63. The Morgan fingerprint density at radius 3 is 2.30 bits per heavy atom. The molecule has 1 fully saturated rings. The Kier molecular flexibility index (Phi) is 5.00. The van der Waals surface area contributed by atoms with Crippen LogP contribution in [-0.4, -0.2) is 9.97 Å². The molecule has 0 amide bonds. The first kappa shape index (κ1) is 15.3. The molecule has 0 radical (unpaired) electrons. The van der Waals surface area contributed by atoms with E-state index in [4.69, 9.17) is 10.7 Å². The predicted octanol–water partition coefficient (Wildman–Crippen LogP) is 4.56. The van der Waals surface area contributed by atoms with E-state index in [1.807, 2.05) is 0 Å². The smallest absolute Gasteiger partial charge is 0.134 e. The van der Waals surface area contributed by atoms with Crippen LogP contribution in [0.15, 0.2) is 0 Å². The summed E-state index contributed by atoms with van der Waals surface area (Å²) in [5, 5.41) is 0. The van der Waals surface area contributed by atoms with Crippen molar-refractivity contribution in [2.75, 3.05) is 5.73 Å². The molecule has 1 aliphatic rings. The highest BCUT2D eigenvalue weighted by Crippen LogP contribution is 2.37. The molecule has 0 bridgehead atoms. The highest BCUT2D eigenvalue weighted by molar-refractivity contribution is 5.44. The zero-order valence-corrected chi connectivity index (χ0v) is 13.4. The van der Waals surface area contributed by atoms with Gasteiger partial charge in [0.2, 0.25) is 0 Å². The van der Waals surface area contributed by atoms with Gasteiger partial charge in [0.05, 0.1) is 0 Å². The molecule has 1 saturated carbocycles. The number of nitrogens with two attached hydrogens (primary N) is 1. The van der Waals surface area contributed by atoms with Crippen molar-refractivity contribution in [1.29, 1.82) is 0 Å². The second-order valence-electron chi connectivity index (χ2n) is 6.63. The van der Waals surface area contributed by atoms with E-state index in [0.717, 1.165) is 23.0 Å². The van der Waals surface area contributed by atoms with Gasteiger partial charge in [-0.05, 0) is 44.4 Å². The number of anilines is 1. The number of aromatic nitrogens is 2.